The zero-order valence-electron chi connectivity index (χ0n) is 42.5. The minimum atomic E-state index is -3.92. The summed E-state index contributed by atoms with van der Waals surface area (Å²) >= 11 is 0. The smallest absolute Gasteiger partial charge is 0.350 e. The monoisotopic (exact) mass is 968 g/mol. The maximum Gasteiger partial charge on any atom is 0.350 e. The number of carbonyl (C=O) groups excluding carboxylic acids is 2. The SMILES string of the molecule is CC(C)OC(=O)[C@H](C)NP(=O)(COCc1c(C(C)C)nc(C(C)C)c(/C=C/[C@@H]2C[C@H](CC(=O)OCC[Si](C)(C)C)O[Si](C(C)(C)C)(C(C)(C)C)O2)c1-c1ccc(F)cc1)Oc1ccccc1. The second-order valence-electron chi connectivity index (χ2n) is 21.7. The lowest BCUT2D eigenvalue weighted by atomic mass is 9.87. The first-order chi connectivity index (χ1) is 30.5. The van der Waals surface area contributed by atoms with E-state index in [1.807, 2.05) is 12.1 Å². The number of nitrogens with zero attached hydrogens (tertiary/aromatic N) is 1. The third kappa shape index (κ3) is 15.0. The molecule has 0 radical (unpaired) electrons. The van der Waals surface area contributed by atoms with Crippen LogP contribution in [-0.4, -0.2) is 70.9 Å². The van der Waals surface area contributed by atoms with Gasteiger partial charge in [-0.2, -0.15) is 0 Å². The first-order valence-electron chi connectivity index (χ1n) is 23.5. The van der Waals surface area contributed by atoms with Crippen LogP contribution in [0.15, 0.2) is 60.7 Å². The van der Waals surface area contributed by atoms with Gasteiger partial charge in [-0.25, -0.2) is 9.48 Å². The molecular formula is C51H78FN2O9PSi2. The summed E-state index contributed by atoms with van der Waals surface area (Å²) in [6.07, 6.45) is 3.04. The Hall–Kier alpha value is -3.50. The van der Waals surface area contributed by atoms with Gasteiger partial charge in [0.15, 0.2) is 0 Å². The molecule has 0 saturated carbocycles. The molecule has 2 heterocycles. The Bertz CT molecular complexity index is 2150. The summed E-state index contributed by atoms with van der Waals surface area (Å²) in [7, 11) is -8.45. The predicted molar refractivity (Wildman–Crippen MR) is 268 cm³/mol. The second-order valence-corrected chi connectivity index (χ2v) is 34.1. The Morgan fingerprint density at radius 3 is 2.06 bits per heavy atom. The summed E-state index contributed by atoms with van der Waals surface area (Å²) in [5.41, 5.74) is 4.69. The molecule has 2 aromatic carbocycles. The normalized spacial score (nSPS) is 18.4. The van der Waals surface area contributed by atoms with Crippen molar-refractivity contribution < 1.29 is 46.1 Å². The molecule has 0 amide bonds. The number of para-hydroxylation sites is 1. The van der Waals surface area contributed by atoms with Gasteiger partial charge < -0.3 is 27.6 Å². The van der Waals surface area contributed by atoms with E-state index in [1.54, 1.807) is 57.2 Å². The number of carbonyl (C=O) groups is 2. The van der Waals surface area contributed by atoms with Crippen LogP contribution < -0.4 is 9.61 Å². The first kappa shape index (κ1) is 55.1. The molecule has 1 aliphatic rings. The van der Waals surface area contributed by atoms with Crippen molar-refractivity contribution in [1.29, 1.82) is 0 Å². The van der Waals surface area contributed by atoms with Crippen LogP contribution in [0.1, 0.15) is 137 Å². The molecule has 0 aliphatic carbocycles. The molecule has 1 aromatic heterocycles. The van der Waals surface area contributed by atoms with Crippen LogP contribution >= 0.6 is 7.52 Å². The maximum absolute atomic E-state index is 14.7. The van der Waals surface area contributed by atoms with E-state index in [-0.39, 0.29) is 52.8 Å². The minimum Gasteiger partial charge on any atom is -0.466 e. The fourth-order valence-corrected chi connectivity index (χ4v) is 15.7. The maximum atomic E-state index is 14.7. The minimum absolute atomic E-state index is 0.0287. The largest absolute Gasteiger partial charge is 0.466 e. The Balaban J connectivity index is 1.85. The number of pyridine rings is 1. The fourth-order valence-electron chi connectivity index (χ4n) is 8.37. The number of rotatable bonds is 20. The Morgan fingerprint density at radius 2 is 1.52 bits per heavy atom. The summed E-state index contributed by atoms with van der Waals surface area (Å²) in [6.45, 7) is 33.4. The molecule has 11 nitrogen and oxygen atoms in total. The number of hydrogen-bond acceptors (Lipinski definition) is 10. The Kier molecular flexibility index (Phi) is 19.0. The highest BCUT2D eigenvalue weighted by Crippen LogP contribution is 2.55. The molecule has 0 spiro atoms. The third-order valence-electron chi connectivity index (χ3n) is 11.3. The van der Waals surface area contributed by atoms with Gasteiger partial charge in [-0.1, -0.05) is 131 Å². The van der Waals surface area contributed by atoms with E-state index < -0.39 is 54.7 Å². The van der Waals surface area contributed by atoms with Crippen molar-refractivity contribution in [3.8, 4) is 16.9 Å². The molecule has 66 heavy (non-hydrogen) atoms. The first-order valence-corrected chi connectivity index (χ1v) is 30.8. The van der Waals surface area contributed by atoms with Crippen LogP contribution in [0.3, 0.4) is 0 Å². The number of benzene rings is 2. The zero-order chi connectivity index (χ0) is 49.4. The molecule has 4 atom stereocenters. The van der Waals surface area contributed by atoms with Gasteiger partial charge in [-0.05, 0) is 74.0 Å². The number of aromatic nitrogens is 1. The molecule has 1 saturated heterocycles. The Labute approximate surface area is 397 Å². The molecule has 1 unspecified atom stereocenters. The second kappa shape index (κ2) is 22.7. The van der Waals surface area contributed by atoms with Crippen LogP contribution in [0.2, 0.25) is 35.8 Å². The highest BCUT2D eigenvalue weighted by molar-refractivity contribution is 7.57. The standard InChI is InChI=1S/C51H78FN2O9PSi2/c1-34(2)47-43(27-26-41-30-42(31-45(55)59-28-29-65(14,15)16)63-66(62-41,50(8,9)10)51(11,12)13)46(38-22-24-39(52)25-23-38)44(48(53-47)35(3)4)32-58-33-64(57,61-40-20-18-17-19-21-40)54-37(7)49(56)60-36(5)6/h17-27,34-37,41-42H,28-33H2,1-16H3,(H,54,57)/b27-26+/t37-,41+,42+,64?/m0/s1. The van der Waals surface area contributed by atoms with E-state index in [2.05, 4.69) is 100 Å². The predicted octanol–water partition coefficient (Wildman–Crippen LogP) is 13.3. The number of esters is 2. The molecule has 1 N–H and O–H groups in total. The van der Waals surface area contributed by atoms with E-state index in [4.69, 9.17) is 32.6 Å². The molecule has 4 rings (SSSR count). The van der Waals surface area contributed by atoms with Crippen molar-refractivity contribution in [2.45, 2.75) is 181 Å². The molecule has 3 aromatic rings. The van der Waals surface area contributed by atoms with Crippen molar-refractivity contribution in [1.82, 2.24) is 10.1 Å². The summed E-state index contributed by atoms with van der Waals surface area (Å²) in [5, 5.41) is 2.16. The summed E-state index contributed by atoms with van der Waals surface area (Å²) in [6, 6.07) is 15.0. The molecule has 1 aliphatic heterocycles. The fraction of sp³-hybridized carbons (Fsp3) is 0.588. The van der Waals surface area contributed by atoms with E-state index >= 15 is 0 Å². The van der Waals surface area contributed by atoms with Crippen molar-refractivity contribution in [3.05, 3.63) is 89.0 Å². The van der Waals surface area contributed by atoms with Crippen molar-refractivity contribution in [2.24, 2.45) is 0 Å². The number of ether oxygens (including phenoxy) is 3. The van der Waals surface area contributed by atoms with Crippen molar-refractivity contribution in [3.63, 3.8) is 0 Å². The molecule has 15 heteroatoms. The van der Waals surface area contributed by atoms with Crippen LogP contribution in [0.4, 0.5) is 4.39 Å². The van der Waals surface area contributed by atoms with Gasteiger partial charge in [0.05, 0.1) is 43.6 Å². The van der Waals surface area contributed by atoms with Crippen molar-refractivity contribution >= 4 is 42.2 Å². The quantitative estimate of drug-likeness (QED) is 0.0659. The van der Waals surface area contributed by atoms with E-state index in [0.717, 1.165) is 39.7 Å². The number of nitrogens with one attached hydrogen (secondary N) is 1. The van der Waals surface area contributed by atoms with Crippen molar-refractivity contribution in [2.75, 3.05) is 13.0 Å². The van der Waals surface area contributed by atoms with Gasteiger partial charge >= 0.3 is 28.0 Å². The average molecular weight is 969 g/mol. The summed E-state index contributed by atoms with van der Waals surface area (Å²) in [4.78, 5) is 31.6. The van der Waals surface area contributed by atoms with Gasteiger partial charge in [0.1, 0.15) is 24.0 Å². The van der Waals surface area contributed by atoms with Crippen LogP contribution in [-0.2, 0) is 43.8 Å². The topological polar surface area (TPSA) is 132 Å². The zero-order valence-corrected chi connectivity index (χ0v) is 45.4. The lowest BCUT2D eigenvalue weighted by Gasteiger charge is -2.54. The number of hydrogen-bond donors (Lipinski definition) is 1. The summed E-state index contributed by atoms with van der Waals surface area (Å²) in [5.74, 6) is -0.977. The Morgan fingerprint density at radius 1 is 0.909 bits per heavy atom. The van der Waals surface area contributed by atoms with Gasteiger partial charge in [0, 0.05) is 41.4 Å². The highest BCUT2D eigenvalue weighted by Gasteiger charge is 2.62. The van der Waals surface area contributed by atoms with Crippen LogP contribution in [0.25, 0.3) is 17.2 Å². The number of halogens is 1. The lowest BCUT2D eigenvalue weighted by molar-refractivity contribution is -0.149. The van der Waals surface area contributed by atoms with Gasteiger partial charge in [-0.15, -0.1) is 0 Å². The van der Waals surface area contributed by atoms with E-state index in [9.17, 15) is 18.5 Å². The highest BCUT2D eigenvalue weighted by atomic mass is 31.2. The molecule has 1 fully saturated rings. The summed E-state index contributed by atoms with van der Waals surface area (Å²) < 4.78 is 67.3. The van der Waals surface area contributed by atoms with E-state index in [1.165, 1.54) is 12.1 Å². The van der Waals surface area contributed by atoms with Crippen LogP contribution in [0.5, 0.6) is 5.75 Å². The molecule has 366 valence electrons. The van der Waals surface area contributed by atoms with Gasteiger partial charge in [0.2, 0.25) is 0 Å². The molecular weight excluding hydrogens is 891 g/mol. The average Bonchev–Trinajstić information content (AvgIpc) is 3.18. The lowest BCUT2D eigenvalue weighted by Crippen LogP contribution is -2.63. The third-order valence-corrected chi connectivity index (χ3v) is 20.1. The molecule has 0 bridgehead atoms. The van der Waals surface area contributed by atoms with Gasteiger partial charge in [0.25, 0.3) is 0 Å². The van der Waals surface area contributed by atoms with E-state index in [0.29, 0.717) is 18.8 Å². The van der Waals surface area contributed by atoms with Gasteiger partial charge in [-0.3, -0.25) is 19.1 Å². The van der Waals surface area contributed by atoms with Crippen LogP contribution in [0, 0.1) is 5.82 Å².